The molecule has 4 aromatic rings. The van der Waals surface area contributed by atoms with Crippen LogP contribution in [0.5, 0.6) is 0 Å². The van der Waals surface area contributed by atoms with E-state index >= 15 is 0 Å². The number of rotatable bonds is 5. The number of nitrogens with one attached hydrogen (secondary N) is 2. The molecule has 150 valence electrons. The Balaban J connectivity index is 1.36. The third kappa shape index (κ3) is 3.16. The molecule has 0 saturated heterocycles. The van der Waals surface area contributed by atoms with Gasteiger partial charge in [-0.15, -0.1) is 0 Å². The van der Waals surface area contributed by atoms with Crippen molar-refractivity contribution in [2.75, 3.05) is 17.2 Å². The molecule has 30 heavy (non-hydrogen) atoms. The molecule has 0 aliphatic carbocycles. The highest BCUT2D eigenvalue weighted by molar-refractivity contribution is 6.06. The molecular weight excluding hydrogens is 384 g/mol. The summed E-state index contributed by atoms with van der Waals surface area (Å²) in [4.78, 5) is 26.8. The summed E-state index contributed by atoms with van der Waals surface area (Å²) in [6.07, 6.45) is 4.54. The standard InChI is InChI=1S/C21H18N6O3/c1-26-18-6-5-15(7-14(18)8-22-26)24-17-4-2-3-13-10-27(21(29)20(13)17)11-19(28)25-16-9-23-30-12-16/h2-9,12,24H,10-11H2,1H3,(H,25,28). The van der Waals surface area contributed by atoms with Crippen LogP contribution in [-0.2, 0) is 18.4 Å². The van der Waals surface area contributed by atoms with Gasteiger partial charge in [0.2, 0.25) is 5.91 Å². The molecule has 1 aliphatic rings. The molecule has 2 amide bonds. The summed E-state index contributed by atoms with van der Waals surface area (Å²) in [6, 6.07) is 11.6. The zero-order valence-corrected chi connectivity index (χ0v) is 16.1. The van der Waals surface area contributed by atoms with Gasteiger partial charge in [-0.1, -0.05) is 17.3 Å². The number of hydrogen-bond donors (Lipinski definition) is 2. The van der Waals surface area contributed by atoms with E-state index < -0.39 is 0 Å². The van der Waals surface area contributed by atoms with E-state index in [1.807, 2.05) is 48.1 Å². The smallest absolute Gasteiger partial charge is 0.257 e. The second kappa shape index (κ2) is 7.03. The topological polar surface area (TPSA) is 105 Å². The molecule has 2 aromatic carbocycles. The molecule has 0 fully saturated rings. The summed E-state index contributed by atoms with van der Waals surface area (Å²) in [5, 5.41) is 14.8. The molecule has 0 atom stereocenters. The molecule has 1 aliphatic heterocycles. The Hall–Kier alpha value is -4.14. The molecule has 9 nitrogen and oxygen atoms in total. The van der Waals surface area contributed by atoms with Gasteiger partial charge < -0.3 is 20.1 Å². The van der Waals surface area contributed by atoms with Crippen molar-refractivity contribution in [3.63, 3.8) is 0 Å². The fourth-order valence-corrected chi connectivity index (χ4v) is 3.69. The van der Waals surface area contributed by atoms with Gasteiger partial charge in [0.05, 0.1) is 29.2 Å². The third-order valence-corrected chi connectivity index (χ3v) is 5.09. The fraction of sp³-hybridized carbons (Fsp3) is 0.143. The maximum Gasteiger partial charge on any atom is 0.257 e. The quantitative estimate of drug-likeness (QED) is 0.532. The Morgan fingerprint density at radius 1 is 1.20 bits per heavy atom. The van der Waals surface area contributed by atoms with Crippen molar-refractivity contribution in [1.29, 1.82) is 0 Å². The summed E-state index contributed by atoms with van der Waals surface area (Å²) in [5.41, 5.74) is 4.52. The number of aryl methyl sites for hydroxylation is 1. The van der Waals surface area contributed by atoms with Crippen LogP contribution in [-0.4, -0.2) is 38.2 Å². The lowest BCUT2D eigenvalue weighted by molar-refractivity contribution is -0.116. The predicted octanol–water partition coefficient (Wildman–Crippen LogP) is 2.90. The number of carbonyl (C=O) groups excluding carboxylic acids is 2. The first-order valence-corrected chi connectivity index (χ1v) is 9.37. The van der Waals surface area contributed by atoms with Crippen LogP contribution in [0.2, 0.25) is 0 Å². The average Bonchev–Trinajstić information content (AvgIpc) is 3.44. The predicted molar refractivity (Wildman–Crippen MR) is 110 cm³/mol. The molecule has 3 heterocycles. The number of hydrogen-bond acceptors (Lipinski definition) is 6. The van der Waals surface area contributed by atoms with E-state index in [4.69, 9.17) is 4.52 Å². The maximum absolute atomic E-state index is 13.0. The summed E-state index contributed by atoms with van der Waals surface area (Å²) in [6.45, 7) is 0.322. The van der Waals surface area contributed by atoms with Crippen molar-refractivity contribution in [2.45, 2.75) is 6.54 Å². The number of carbonyl (C=O) groups is 2. The highest BCUT2D eigenvalue weighted by Gasteiger charge is 2.31. The van der Waals surface area contributed by atoms with Crippen molar-refractivity contribution in [2.24, 2.45) is 7.05 Å². The van der Waals surface area contributed by atoms with E-state index in [1.165, 1.54) is 17.4 Å². The lowest BCUT2D eigenvalue weighted by Gasteiger charge is -2.15. The molecular formula is C21H18N6O3. The second-order valence-corrected chi connectivity index (χ2v) is 7.13. The van der Waals surface area contributed by atoms with Crippen LogP contribution in [0.15, 0.2) is 59.6 Å². The van der Waals surface area contributed by atoms with Gasteiger partial charge in [-0.3, -0.25) is 14.3 Å². The van der Waals surface area contributed by atoms with Crippen LogP contribution in [0.25, 0.3) is 10.9 Å². The van der Waals surface area contributed by atoms with Gasteiger partial charge in [-0.05, 0) is 29.8 Å². The molecule has 2 N–H and O–H groups in total. The SMILES string of the molecule is Cn1ncc2cc(Nc3cccc4c3C(=O)N(CC(=O)Nc3cnoc3)C4)ccc21. The van der Waals surface area contributed by atoms with Gasteiger partial charge in [-0.25, -0.2) is 0 Å². The number of anilines is 3. The van der Waals surface area contributed by atoms with Crippen molar-refractivity contribution >= 4 is 39.8 Å². The summed E-state index contributed by atoms with van der Waals surface area (Å²) in [5.74, 6) is -0.494. The zero-order chi connectivity index (χ0) is 20.7. The fourth-order valence-electron chi connectivity index (χ4n) is 3.69. The summed E-state index contributed by atoms with van der Waals surface area (Å²) in [7, 11) is 1.89. The minimum atomic E-state index is -0.309. The van der Waals surface area contributed by atoms with Crippen molar-refractivity contribution in [3.8, 4) is 0 Å². The number of aromatic nitrogens is 3. The molecule has 0 saturated carbocycles. The number of amides is 2. The highest BCUT2D eigenvalue weighted by atomic mass is 16.5. The van der Waals surface area contributed by atoms with Gasteiger partial charge in [0, 0.05) is 24.7 Å². The largest absolute Gasteiger partial charge is 0.363 e. The Kier molecular flexibility index (Phi) is 4.20. The van der Waals surface area contributed by atoms with Gasteiger partial charge >= 0.3 is 0 Å². The van der Waals surface area contributed by atoms with Crippen molar-refractivity contribution < 1.29 is 14.1 Å². The molecule has 0 spiro atoms. The van der Waals surface area contributed by atoms with E-state index in [9.17, 15) is 9.59 Å². The van der Waals surface area contributed by atoms with Crippen LogP contribution in [0, 0.1) is 0 Å². The Morgan fingerprint density at radius 2 is 2.10 bits per heavy atom. The summed E-state index contributed by atoms with van der Waals surface area (Å²) >= 11 is 0. The van der Waals surface area contributed by atoms with Crippen molar-refractivity contribution in [1.82, 2.24) is 19.8 Å². The van der Waals surface area contributed by atoms with Gasteiger partial charge in [-0.2, -0.15) is 5.10 Å². The molecule has 9 heteroatoms. The van der Waals surface area contributed by atoms with Crippen LogP contribution >= 0.6 is 0 Å². The molecule has 0 bridgehead atoms. The van der Waals surface area contributed by atoms with Gasteiger partial charge in [0.25, 0.3) is 5.91 Å². The van der Waals surface area contributed by atoms with E-state index in [-0.39, 0.29) is 18.4 Å². The third-order valence-electron chi connectivity index (χ3n) is 5.09. The lowest BCUT2D eigenvalue weighted by Crippen LogP contribution is -2.33. The first-order chi connectivity index (χ1) is 14.6. The van der Waals surface area contributed by atoms with E-state index in [0.29, 0.717) is 23.5 Å². The first kappa shape index (κ1) is 17.9. The van der Waals surface area contributed by atoms with E-state index in [2.05, 4.69) is 20.9 Å². The summed E-state index contributed by atoms with van der Waals surface area (Å²) < 4.78 is 6.51. The van der Waals surface area contributed by atoms with Crippen molar-refractivity contribution in [3.05, 3.63) is 66.2 Å². The van der Waals surface area contributed by atoms with E-state index in [1.54, 1.807) is 6.20 Å². The lowest BCUT2D eigenvalue weighted by atomic mass is 10.1. The minimum Gasteiger partial charge on any atom is -0.363 e. The van der Waals surface area contributed by atoms with Gasteiger partial charge in [0.15, 0.2) is 0 Å². The highest BCUT2D eigenvalue weighted by Crippen LogP contribution is 2.32. The zero-order valence-electron chi connectivity index (χ0n) is 16.1. The number of fused-ring (bicyclic) bond motifs is 2. The number of benzene rings is 2. The minimum absolute atomic E-state index is 0.0558. The molecule has 5 rings (SSSR count). The van der Waals surface area contributed by atoms with Crippen LogP contribution < -0.4 is 10.6 Å². The first-order valence-electron chi connectivity index (χ1n) is 9.37. The normalized spacial score (nSPS) is 13.0. The Labute approximate surface area is 171 Å². The second-order valence-electron chi connectivity index (χ2n) is 7.13. The molecule has 2 aromatic heterocycles. The Bertz CT molecular complexity index is 1260. The van der Waals surface area contributed by atoms with E-state index in [0.717, 1.165) is 22.2 Å². The van der Waals surface area contributed by atoms with Crippen LogP contribution in [0.4, 0.5) is 17.1 Å². The van der Waals surface area contributed by atoms with Crippen LogP contribution in [0.3, 0.4) is 0 Å². The maximum atomic E-state index is 13.0. The number of nitrogens with zero attached hydrogens (tertiary/aromatic N) is 4. The van der Waals surface area contributed by atoms with Crippen LogP contribution in [0.1, 0.15) is 15.9 Å². The molecule has 0 unspecified atom stereocenters. The monoisotopic (exact) mass is 402 g/mol. The Morgan fingerprint density at radius 3 is 2.93 bits per heavy atom. The van der Waals surface area contributed by atoms with Gasteiger partial charge in [0.1, 0.15) is 18.5 Å². The average molecular weight is 402 g/mol. The molecule has 0 radical (unpaired) electrons.